The van der Waals surface area contributed by atoms with Crippen LogP contribution in [0.25, 0.3) is 0 Å². The Bertz CT molecular complexity index is 851. The van der Waals surface area contributed by atoms with Crippen molar-refractivity contribution in [1.29, 1.82) is 0 Å². The lowest BCUT2D eigenvalue weighted by atomic mass is 9.83. The number of unbranched alkanes of at least 4 members (excludes halogenated alkanes) is 1. The molecule has 1 N–H and O–H groups in total. The first kappa shape index (κ1) is 20.8. The topological polar surface area (TPSA) is 71.5 Å². The first-order valence-corrected chi connectivity index (χ1v) is 10.2. The third-order valence-corrected chi connectivity index (χ3v) is 5.42. The van der Waals surface area contributed by atoms with Gasteiger partial charge in [0.15, 0.2) is 0 Å². The third kappa shape index (κ3) is 4.75. The minimum atomic E-state index is -0.371. The number of likely N-dealkylation sites (tertiary alicyclic amines) is 1. The molecule has 0 bridgehead atoms. The summed E-state index contributed by atoms with van der Waals surface area (Å²) in [7, 11) is 1.62. The molecule has 3 rings (SSSR count). The monoisotopic (exact) mass is 395 g/mol. The number of nitrogens with one attached hydrogen (secondary N) is 1. The molecule has 0 saturated carbocycles. The van der Waals surface area contributed by atoms with Gasteiger partial charge >= 0.3 is 0 Å². The number of rotatable bonds is 7. The maximum atomic E-state index is 13.2. The highest BCUT2D eigenvalue weighted by atomic mass is 16.5. The summed E-state index contributed by atoms with van der Waals surface area (Å²) < 4.78 is 5.56. The molecule has 1 aromatic carbocycles. The van der Waals surface area contributed by atoms with E-state index >= 15 is 0 Å². The Hall–Kier alpha value is -2.89. The minimum absolute atomic E-state index is 0.0897. The molecular weight excluding hydrogens is 366 g/mol. The highest BCUT2D eigenvalue weighted by Crippen LogP contribution is 2.41. The van der Waals surface area contributed by atoms with E-state index in [-0.39, 0.29) is 23.8 Å². The van der Waals surface area contributed by atoms with Crippen LogP contribution in [-0.4, -0.2) is 35.4 Å². The molecule has 6 heteroatoms. The third-order valence-electron chi connectivity index (χ3n) is 5.42. The van der Waals surface area contributed by atoms with E-state index in [9.17, 15) is 9.59 Å². The lowest BCUT2D eigenvalue weighted by Crippen LogP contribution is -2.47. The molecule has 6 nitrogen and oxygen atoms in total. The molecule has 154 valence electrons. The van der Waals surface area contributed by atoms with Crippen LogP contribution in [0.3, 0.4) is 0 Å². The summed E-state index contributed by atoms with van der Waals surface area (Å²) in [5.74, 6) is 0.818. The molecule has 1 aliphatic rings. The van der Waals surface area contributed by atoms with E-state index < -0.39 is 0 Å². The van der Waals surface area contributed by atoms with Crippen LogP contribution in [0.15, 0.2) is 42.6 Å². The second-order valence-electron chi connectivity index (χ2n) is 7.48. The summed E-state index contributed by atoms with van der Waals surface area (Å²) in [5.41, 5.74) is 1.90. The number of benzene rings is 1. The summed E-state index contributed by atoms with van der Waals surface area (Å²) in [4.78, 5) is 32.2. The lowest BCUT2D eigenvalue weighted by Gasteiger charge is -2.41. The van der Waals surface area contributed by atoms with E-state index in [0.717, 1.165) is 24.0 Å². The fourth-order valence-electron chi connectivity index (χ4n) is 3.88. The van der Waals surface area contributed by atoms with Crippen molar-refractivity contribution in [2.45, 2.75) is 45.6 Å². The van der Waals surface area contributed by atoms with Crippen molar-refractivity contribution in [3.63, 3.8) is 0 Å². The fraction of sp³-hybridized carbons (Fsp3) is 0.435. The molecule has 29 heavy (non-hydrogen) atoms. The Morgan fingerprint density at radius 2 is 2.07 bits per heavy atom. The predicted molar refractivity (Wildman–Crippen MR) is 113 cm³/mol. The van der Waals surface area contributed by atoms with E-state index in [1.54, 1.807) is 19.4 Å². The van der Waals surface area contributed by atoms with Gasteiger partial charge in [0.1, 0.15) is 11.6 Å². The van der Waals surface area contributed by atoms with Gasteiger partial charge in [-0.1, -0.05) is 37.6 Å². The molecule has 2 unspecified atom stereocenters. The number of piperidine rings is 1. The van der Waals surface area contributed by atoms with Crippen molar-refractivity contribution in [3.8, 4) is 5.75 Å². The first-order chi connectivity index (χ1) is 14.0. The zero-order chi connectivity index (χ0) is 20.8. The Morgan fingerprint density at radius 3 is 2.76 bits per heavy atom. The van der Waals surface area contributed by atoms with Gasteiger partial charge in [-0.3, -0.25) is 9.59 Å². The molecule has 2 aromatic rings. The number of nitrogens with zero attached hydrogens (tertiary/aromatic N) is 2. The number of carbonyl (C=O) groups excluding carboxylic acids is 2. The second-order valence-corrected chi connectivity index (χ2v) is 7.48. The molecule has 0 aliphatic carbocycles. The van der Waals surface area contributed by atoms with Crippen molar-refractivity contribution in [2.24, 2.45) is 5.92 Å². The SMILES string of the molecule is CCCCN1C(=O)CCC(C(=O)Nc2ccc(C)cn2)C1c1ccccc1OC. The maximum absolute atomic E-state index is 13.2. The molecule has 2 heterocycles. The number of ether oxygens (including phenoxy) is 1. The largest absolute Gasteiger partial charge is 0.496 e. The average Bonchev–Trinajstić information content (AvgIpc) is 2.74. The summed E-state index contributed by atoms with van der Waals surface area (Å²) >= 11 is 0. The Labute approximate surface area is 172 Å². The van der Waals surface area contributed by atoms with Crippen LogP contribution >= 0.6 is 0 Å². The second kappa shape index (κ2) is 9.54. The highest BCUT2D eigenvalue weighted by Gasteiger charge is 2.41. The number of aryl methyl sites for hydroxylation is 1. The summed E-state index contributed by atoms with van der Waals surface area (Å²) in [6.45, 7) is 4.68. The number of pyridine rings is 1. The number of hydrogen-bond acceptors (Lipinski definition) is 4. The summed E-state index contributed by atoms with van der Waals surface area (Å²) in [6, 6.07) is 11.0. The Balaban J connectivity index is 1.94. The number of anilines is 1. The molecule has 1 aliphatic heterocycles. The van der Waals surface area contributed by atoms with Crippen molar-refractivity contribution in [3.05, 3.63) is 53.7 Å². The molecule has 2 amide bonds. The van der Waals surface area contributed by atoms with E-state index in [2.05, 4.69) is 17.2 Å². The van der Waals surface area contributed by atoms with Crippen LogP contribution in [0.4, 0.5) is 5.82 Å². The van der Waals surface area contributed by atoms with Crippen molar-refractivity contribution in [2.75, 3.05) is 19.0 Å². The van der Waals surface area contributed by atoms with Gasteiger partial charge in [0.25, 0.3) is 0 Å². The molecule has 2 atom stereocenters. The van der Waals surface area contributed by atoms with Gasteiger partial charge in [0.2, 0.25) is 11.8 Å². The zero-order valence-corrected chi connectivity index (χ0v) is 17.4. The number of aromatic nitrogens is 1. The van der Waals surface area contributed by atoms with Crippen molar-refractivity contribution < 1.29 is 14.3 Å². The number of hydrogen-bond donors (Lipinski definition) is 1. The standard InChI is InChI=1S/C23H29N3O3/c1-4-5-14-26-21(27)13-11-18(22(26)17-8-6-7-9-19(17)29-3)23(28)25-20-12-10-16(2)15-24-20/h6-10,12,15,18,22H,4-5,11,13-14H2,1-3H3,(H,24,25,28). The zero-order valence-electron chi connectivity index (χ0n) is 17.4. The quantitative estimate of drug-likeness (QED) is 0.766. The van der Waals surface area contributed by atoms with Crippen LogP contribution in [0.1, 0.15) is 49.8 Å². The highest BCUT2D eigenvalue weighted by molar-refractivity contribution is 5.94. The van der Waals surface area contributed by atoms with Crippen molar-refractivity contribution in [1.82, 2.24) is 9.88 Å². The van der Waals surface area contributed by atoms with E-state index in [4.69, 9.17) is 4.74 Å². The molecule has 1 saturated heterocycles. The van der Waals surface area contributed by atoms with Gasteiger partial charge in [-0.2, -0.15) is 0 Å². The van der Waals surface area contributed by atoms with Crippen LogP contribution in [0, 0.1) is 12.8 Å². The smallest absolute Gasteiger partial charge is 0.231 e. The van der Waals surface area contributed by atoms with Crippen LogP contribution in [-0.2, 0) is 9.59 Å². The van der Waals surface area contributed by atoms with Crippen LogP contribution in [0.2, 0.25) is 0 Å². The van der Waals surface area contributed by atoms with Gasteiger partial charge in [-0.05, 0) is 37.5 Å². The Morgan fingerprint density at radius 1 is 1.28 bits per heavy atom. The molecule has 1 aromatic heterocycles. The fourth-order valence-corrected chi connectivity index (χ4v) is 3.88. The van der Waals surface area contributed by atoms with E-state index in [1.807, 2.05) is 42.2 Å². The van der Waals surface area contributed by atoms with Gasteiger partial charge in [-0.15, -0.1) is 0 Å². The number of methoxy groups -OCH3 is 1. The minimum Gasteiger partial charge on any atom is -0.496 e. The maximum Gasteiger partial charge on any atom is 0.231 e. The molecular formula is C23H29N3O3. The van der Waals surface area contributed by atoms with Crippen LogP contribution in [0.5, 0.6) is 5.75 Å². The van der Waals surface area contributed by atoms with Gasteiger partial charge in [0.05, 0.1) is 19.1 Å². The lowest BCUT2D eigenvalue weighted by molar-refractivity contribution is -0.142. The molecule has 0 spiro atoms. The van der Waals surface area contributed by atoms with E-state index in [0.29, 0.717) is 31.0 Å². The van der Waals surface area contributed by atoms with Gasteiger partial charge in [-0.25, -0.2) is 4.98 Å². The predicted octanol–water partition coefficient (Wildman–Crippen LogP) is 4.12. The summed E-state index contributed by atoms with van der Waals surface area (Å²) in [5, 5.41) is 2.94. The van der Waals surface area contributed by atoms with E-state index in [1.165, 1.54) is 0 Å². The number of amides is 2. The summed E-state index contributed by atoms with van der Waals surface area (Å²) in [6.07, 6.45) is 4.47. The van der Waals surface area contributed by atoms with Crippen molar-refractivity contribution >= 4 is 17.6 Å². The first-order valence-electron chi connectivity index (χ1n) is 10.2. The molecule has 0 radical (unpaired) electrons. The van der Waals surface area contributed by atoms with Gasteiger partial charge < -0.3 is 15.0 Å². The Kier molecular flexibility index (Phi) is 6.86. The number of carbonyl (C=O) groups is 2. The van der Waals surface area contributed by atoms with Crippen LogP contribution < -0.4 is 10.1 Å². The normalized spacial score (nSPS) is 19.1. The molecule has 1 fully saturated rings. The number of para-hydroxylation sites is 1. The van der Waals surface area contributed by atoms with Gasteiger partial charge in [0, 0.05) is 24.7 Å². The average molecular weight is 396 g/mol.